The summed E-state index contributed by atoms with van der Waals surface area (Å²) in [7, 11) is 1.84. The maximum absolute atomic E-state index is 12.2. The van der Waals surface area contributed by atoms with Crippen LogP contribution in [0.3, 0.4) is 0 Å². The Hall–Kier alpha value is -1.81. The Morgan fingerprint density at radius 3 is 2.76 bits per heavy atom. The Morgan fingerprint density at radius 1 is 1.24 bits per heavy atom. The maximum atomic E-state index is 12.2. The second-order valence-electron chi connectivity index (χ2n) is 5.37. The Kier molecular flexibility index (Phi) is 3.72. The van der Waals surface area contributed by atoms with Crippen molar-refractivity contribution < 1.29 is 4.79 Å². The van der Waals surface area contributed by atoms with Crippen LogP contribution < -0.4 is 10.2 Å². The minimum absolute atomic E-state index is 0.0183. The minimum atomic E-state index is 0.0183. The average Bonchev–Trinajstić information content (AvgIpc) is 2.47. The summed E-state index contributed by atoms with van der Waals surface area (Å²) in [5.74, 6) is 0.140. The number of aryl methyl sites for hydroxylation is 1. The van der Waals surface area contributed by atoms with E-state index in [-0.39, 0.29) is 11.9 Å². The molecule has 2 aromatic rings. The highest BCUT2D eigenvalue weighted by Crippen LogP contribution is 2.36. The van der Waals surface area contributed by atoms with E-state index >= 15 is 0 Å². The monoisotopic (exact) mass is 344 g/mol. The summed E-state index contributed by atoms with van der Waals surface area (Å²) in [4.78, 5) is 13.9. The first-order valence-corrected chi connectivity index (χ1v) is 7.74. The van der Waals surface area contributed by atoms with Gasteiger partial charge in [-0.15, -0.1) is 0 Å². The molecule has 0 aliphatic carbocycles. The van der Waals surface area contributed by atoms with Crippen LogP contribution in [0.4, 0.5) is 11.4 Å². The maximum Gasteiger partial charge on any atom is 0.229 e. The lowest BCUT2D eigenvalue weighted by atomic mass is 9.95. The zero-order chi connectivity index (χ0) is 15.0. The molecule has 0 radical (unpaired) electrons. The van der Waals surface area contributed by atoms with E-state index in [0.29, 0.717) is 6.42 Å². The molecular formula is C17H17BrN2O. The molecule has 108 valence electrons. The van der Waals surface area contributed by atoms with Crippen LogP contribution in [-0.2, 0) is 4.79 Å². The number of nitrogens with zero attached hydrogens (tertiary/aromatic N) is 1. The molecule has 1 amide bonds. The summed E-state index contributed by atoms with van der Waals surface area (Å²) in [6.45, 7) is 2.07. The van der Waals surface area contributed by atoms with E-state index in [4.69, 9.17) is 0 Å². The van der Waals surface area contributed by atoms with Crippen molar-refractivity contribution in [3.8, 4) is 0 Å². The van der Waals surface area contributed by atoms with Gasteiger partial charge in [-0.05, 0) is 42.3 Å². The van der Waals surface area contributed by atoms with Crippen molar-refractivity contribution in [1.82, 2.24) is 0 Å². The van der Waals surface area contributed by atoms with Crippen molar-refractivity contribution in [3.63, 3.8) is 0 Å². The molecule has 0 fully saturated rings. The fourth-order valence-corrected chi connectivity index (χ4v) is 3.22. The summed E-state index contributed by atoms with van der Waals surface area (Å²) in [5, 5.41) is 3.52. The number of hydrogen-bond acceptors (Lipinski definition) is 2. The normalized spacial score (nSPS) is 17.6. The second-order valence-corrected chi connectivity index (χ2v) is 6.29. The largest absolute Gasteiger partial charge is 0.377 e. The van der Waals surface area contributed by atoms with Gasteiger partial charge < -0.3 is 10.2 Å². The minimum Gasteiger partial charge on any atom is -0.377 e. The average molecular weight is 345 g/mol. The third-order valence-corrected chi connectivity index (χ3v) is 4.44. The van der Waals surface area contributed by atoms with Crippen LogP contribution in [0, 0.1) is 6.92 Å². The van der Waals surface area contributed by atoms with E-state index in [1.807, 2.05) is 37.4 Å². The first-order chi connectivity index (χ1) is 10.1. The summed E-state index contributed by atoms with van der Waals surface area (Å²) < 4.78 is 1.06. The molecule has 0 bridgehead atoms. The summed E-state index contributed by atoms with van der Waals surface area (Å²) >= 11 is 3.48. The number of para-hydroxylation sites is 1. The van der Waals surface area contributed by atoms with Gasteiger partial charge in [0.25, 0.3) is 0 Å². The Balaban J connectivity index is 1.96. The van der Waals surface area contributed by atoms with E-state index in [0.717, 1.165) is 21.4 Å². The SMILES string of the molecule is Cc1cc(Br)ccc1NC1CC(=O)N(C)c2ccccc21. The Morgan fingerprint density at radius 2 is 2.00 bits per heavy atom. The molecule has 0 saturated carbocycles. The molecule has 0 aromatic heterocycles. The van der Waals surface area contributed by atoms with Crippen LogP contribution in [0.2, 0.25) is 0 Å². The molecule has 1 atom stereocenters. The number of carbonyl (C=O) groups excluding carboxylic acids is 1. The quantitative estimate of drug-likeness (QED) is 0.881. The standard InChI is InChI=1S/C17H17BrN2O/c1-11-9-12(18)7-8-14(11)19-15-10-17(21)20(2)16-6-4-3-5-13(15)16/h3-9,15,19H,10H2,1-2H3. The van der Waals surface area contributed by atoms with Crippen molar-refractivity contribution >= 4 is 33.2 Å². The molecule has 4 heteroatoms. The van der Waals surface area contributed by atoms with Crippen LogP contribution in [0.5, 0.6) is 0 Å². The molecule has 1 unspecified atom stereocenters. The van der Waals surface area contributed by atoms with Gasteiger partial charge in [0.05, 0.1) is 12.5 Å². The lowest BCUT2D eigenvalue weighted by molar-refractivity contribution is -0.118. The molecule has 2 aromatic carbocycles. The first-order valence-electron chi connectivity index (χ1n) is 6.94. The Labute approximate surface area is 133 Å². The van der Waals surface area contributed by atoms with Crippen molar-refractivity contribution in [1.29, 1.82) is 0 Å². The predicted octanol–water partition coefficient (Wildman–Crippen LogP) is 4.28. The number of amides is 1. The predicted molar refractivity (Wildman–Crippen MR) is 89.7 cm³/mol. The molecule has 1 N–H and O–H groups in total. The summed E-state index contributed by atoms with van der Waals surface area (Å²) in [6, 6.07) is 14.2. The van der Waals surface area contributed by atoms with Gasteiger partial charge in [-0.3, -0.25) is 4.79 Å². The lowest BCUT2D eigenvalue weighted by Crippen LogP contribution is -2.35. The molecule has 3 rings (SSSR count). The highest BCUT2D eigenvalue weighted by Gasteiger charge is 2.28. The van der Waals surface area contributed by atoms with Crippen LogP contribution in [0.15, 0.2) is 46.9 Å². The molecule has 0 saturated heterocycles. The van der Waals surface area contributed by atoms with Gasteiger partial charge in [-0.2, -0.15) is 0 Å². The van der Waals surface area contributed by atoms with Crippen molar-refractivity contribution in [3.05, 3.63) is 58.1 Å². The van der Waals surface area contributed by atoms with E-state index in [2.05, 4.69) is 40.3 Å². The zero-order valence-electron chi connectivity index (χ0n) is 12.1. The zero-order valence-corrected chi connectivity index (χ0v) is 13.6. The van der Waals surface area contributed by atoms with Gasteiger partial charge in [-0.25, -0.2) is 0 Å². The van der Waals surface area contributed by atoms with Gasteiger partial charge in [0.1, 0.15) is 0 Å². The summed E-state index contributed by atoms with van der Waals surface area (Å²) in [5.41, 5.74) is 4.38. The lowest BCUT2D eigenvalue weighted by Gasteiger charge is -2.32. The van der Waals surface area contributed by atoms with Crippen molar-refractivity contribution in [2.75, 3.05) is 17.3 Å². The van der Waals surface area contributed by atoms with Crippen molar-refractivity contribution in [2.24, 2.45) is 0 Å². The van der Waals surface area contributed by atoms with E-state index in [1.165, 1.54) is 5.56 Å². The van der Waals surface area contributed by atoms with Crippen LogP contribution in [0.1, 0.15) is 23.6 Å². The number of hydrogen-bond donors (Lipinski definition) is 1. The first kappa shape index (κ1) is 14.1. The topological polar surface area (TPSA) is 32.3 Å². The van der Waals surface area contributed by atoms with Crippen molar-refractivity contribution in [2.45, 2.75) is 19.4 Å². The molecule has 1 aliphatic heterocycles. The molecule has 0 spiro atoms. The van der Waals surface area contributed by atoms with E-state index < -0.39 is 0 Å². The third-order valence-electron chi connectivity index (χ3n) is 3.94. The fraction of sp³-hybridized carbons (Fsp3) is 0.235. The third kappa shape index (κ3) is 2.68. The number of fused-ring (bicyclic) bond motifs is 1. The van der Waals surface area contributed by atoms with E-state index in [9.17, 15) is 4.79 Å². The number of benzene rings is 2. The number of nitrogens with one attached hydrogen (secondary N) is 1. The smallest absolute Gasteiger partial charge is 0.229 e. The highest BCUT2D eigenvalue weighted by molar-refractivity contribution is 9.10. The molecule has 1 heterocycles. The van der Waals surface area contributed by atoms with Gasteiger partial charge in [0.15, 0.2) is 0 Å². The fourth-order valence-electron chi connectivity index (χ4n) is 2.75. The molecular weight excluding hydrogens is 328 g/mol. The molecule has 21 heavy (non-hydrogen) atoms. The molecule has 3 nitrogen and oxygen atoms in total. The highest BCUT2D eigenvalue weighted by atomic mass is 79.9. The Bertz CT molecular complexity index is 699. The van der Waals surface area contributed by atoms with Gasteiger partial charge in [-0.1, -0.05) is 34.1 Å². The van der Waals surface area contributed by atoms with Crippen LogP contribution >= 0.6 is 15.9 Å². The van der Waals surface area contributed by atoms with Gasteiger partial charge >= 0.3 is 0 Å². The van der Waals surface area contributed by atoms with E-state index in [1.54, 1.807) is 4.90 Å². The second kappa shape index (κ2) is 5.53. The molecule has 1 aliphatic rings. The number of anilines is 2. The summed E-state index contributed by atoms with van der Waals surface area (Å²) in [6.07, 6.45) is 0.475. The van der Waals surface area contributed by atoms with Crippen LogP contribution in [0.25, 0.3) is 0 Å². The van der Waals surface area contributed by atoms with Crippen LogP contribution in [-0.4, -0.2) is 13.0 Å². The van der Waals surface area contributed by atoms with Gasteiger partial charge in [0.2, 0.25) is 5.91 Å². The number of rotatable bonds is 2. The number of carbonyl (C=O) groups is 1. The van der Waals surface area contributed by atoms with Gasteiger partial charge in [0, 0.05) is 22.9 Å². The number of halogens is 1.